The fourth-order valence-corrected chi connectivity index (χ4v) is 2.83. The number of benzene rings is 3. The molecule has 0 saturated carbocycles. The SMILES string of the molecule is COC(=O)C(N)Cc1cccc(-c2cccc3ccccc23)c1. The first kappa shape index (κ1) is 15.3. The molecule has 3 aromatic rings. The van der Waals surface area contributed by atoms with Gasteiger partial charge in [-0.25, -0.2) is 0 Å². The maximum atomic E-state index is 11.5. The van der Waals surface area contributed by atoms with Crippen LogP contribution in [0.25, 0.3) is 21.9 Å². The van der Waals surface area contributed by atoms with Crippen LogP contribution in [0.4, 0.5) is 0 Å². The Morgan fingerprint density at radius 2 is 1.78 bits per heavy atom. The van der Waals surface area contributed by atoms with Crippen molar-refractivity contribution in [1.29, 1.82) is 0 Å². The summed E-state index contributed by atoms with van der Waals surface area (Å²) in [7, 11) is 1.36. The number of hydrogen-bond acceptors (Lipinski definition) is 3. The van der Waals surface area contributed by atoms with Crippen molar-refractivity contribution >= 4 is 16.7 Å². The van der Waals surface area contributed by atoms with Crippen LogP contribution in [0.5, 0.6) is 0 Å². The van der Waals surface area contributed by atoms with Crippen LogP contribution in [0.15, 0.2) is 66.7 Å². The molecule has 3 nitrogen and oxygen atoms in total. The second-order valence-corrected chi connectivity index (χ2v) is 5.56. The van der Waals surface area contributed by atoms with Crippen molar-refractivity contribution in [3.05, 3.63) is 72.3 Å². The number of methoxy groups -OCH3 is 1. The Balaban J connectivity index is 1.97. The second kappa shape index (κ2) is 6.63. The van der Waals surface area contributed by atoms with Crippen LogP contribution in [0.2, 0.25) is 0 Å². The fourth-order valence-electron chi connectivity index (χ4n) is 2.83. The minimum Gasteiger partial charge on any atom is -0.468 e. The monoisotopic (exact) mass is 305 g/mol. The van der Waals surface area contributed by atoms with E-state index in [9.17, 15) is 4.79 Å². The van der Waals surface area contributed by atoms with Crippen molar-refractivity contribution in [3.63, 3.8) is 0 Å². The van der Waals surface area contributed by atoms with Crippen molar-refractivity contribution in [2.24, 2.45) is 5.73 Å². The highest BCUT2D eigenvalue weighted by Crippen LogP contribution is 2.29. The molecule has 0 bridgehead atoms. The van der Waals surface area contributed by atoms with E-state index in [0.29, 0.717) is 6.42 Å². The number of carbonyl (C=O) groups is 1. The molecule has 1 unspecified atom stereocenters. The summed E-state index contributed by atoms with van der Waals surface area (Å²) in [5.74, 6) is -0.388. The molecule has 0 radical (unpaired) electrons. The van der Waals surface area contributed by atoms with Gasteiger partial charge in [0.2, 0.25) is 0 Å². The molecule has 1 atom stereocenters. The van der Waals surface area contributed by atoms with E-state index < -0.39 is 6.04 Å². The lowest BCUT2D eigenvalue weighted by atomic mass is 9.95. The molecule has 3 rings (SSSR count). The van der Waals surface area contributed by atoms with Crippen molar-refractivity contribution < 1.29 is 9.53 Å². The largest absolute Gasteiger partial charge is 0.468 e. The lowest BCUT2D eigenvalue weighted by Crippen LogP contribution is -2.33. The molecule has 0 saturated heterocycles. The van der Waals surface area contributed by atoms with Crippen LogP contribution in [-0.2, 0) is 16.0 Å². The molecule has 116 valence electrons. The topological polar surface area (TPSA) is 52.3 Å². The smallest absolute Gasteiger partial charge is 0.322 e. The molecule has 23 heavy (non-hydrogen) atoms. The number of ether oxygens (including phenoxy) is 1. The van der Waals surface area contributed by atoms with Gasteiger partial charge in [-0.15, -0.1) is 0 Å². The summed E-state index contributed by atoms with van der Waals surface area (Å²) in [4.78, 5) is 11.5. The average molecular weight is 305 g/mol. The van der Waals surface area contributed by atoms with Crippen molar-refractivity contribution in [2.45, 2.75) is 12.5 Å². The number of carbonyl (C=O) groups excluding carboxylic acids is 1. The summed E-state index contributed by atoms with van der Waals surface area (Å²) in [5, 5.41) is 2.42. The third-order valence-corrected chi connectivity index (χ3v) is 3.99. The predicted molar refractivity (Wildman–Crippen MR) is 93.1 cm³/mol. The zero-order valence-electron chi connectivity index (χ0n) is 13.0. The van der Waals surface area contributed by atoms with E-state index in [0.717, 1.165) is 11.1 Å². The van der Waals surface area contributed by atoms with E-state index in [-0.39, 0.29) is 5.97 Å². The van der Waals surface area contributed by atoms with Gasteiger partial charge in [0.15, 0.2) is 0 Å². The molecule has 0 spiro atoms. The van der Waals surface area contributed by atoms with E-state index in [1.165, 1.54) is 23.4 Å². The van der Waals surface area contributed by atoms with Gasteiger partial charge in [0.25, 0.3) is 0 Å². The molecule has 0 heterocycles. The van der Waals surface area contributed by atoms with Gasteiger partial charge in [-0.1, -0.05) is 66.7 Å². The quantitative estimate of drug-likeness (QED) is 0.750. The number of hydrogen-bond donors (Lipinski definition) is 1. The highest BCUT2D eigenvalue weighted by molar-refractivity contribution is 5.96. The first-order valence-electron chi connectivity index (χ1n) is 7.59. The van der Waals surface area contributed by atoms with Crippen molar-refractivity contribution in [3.8, 4) is 11.1 Å². The highest BCUT2D eigenvalue weighted by atomic mass is 16.5. The van der Waals surface area contributed by atoms with E-state index in [4.69, 9.17) is 10.5 Å². The molecule has 2 N–H and O–H groups in total. The zero-order chi connectivity index (χ0) is 16.2. The highest BCUT2D eigenvalue weighted by Gasteiger charge is 2.14. The van der Waals surface area contributed by atoms with Gasteiger partial charge in [0.1, 0.15) is 6.04 Å². The van der Waals surface area contributed by atoms with Crippen molar-refractivity contribution in [1.82, 2.24) is 0 Å². The van der Waals surface area contributed by atoms with Crippen LogP contribution >= 0.6 is 0 Å². The Morgan fingerprint density at radius 3 is 2.61 bits per heavy atom. The molecular weight excluding hydrogens is 286 g/mol. The Morgan fingerprint density at radius 1 is 1.04 bits per heavy atom. The summed E-state index contributed by atoms with van der Waals surface area (Å²) < 4.78 is 4.69. The maximum Gasteiger partial charge on any atom is 0.322 e. The summed E-state index contributed by atoms with van der Waals surface area (Å²) in [6.45, 7) is 0. The van der Waals surface area contributed by atoms with Gasteiger partial charge >= 0.3 is 5.97 Å². The molecule has 0 fully saturated rings. The Hall–Kier alpha value is -2.65. The predicted octanol–water partition coefficient (Wildman–Crippen LogP) is 3.55. The van der Waals surface area contributed by atoms with Crippen molar-refractivity contribution in [2.75, 3.05) is 7.11 Å². The minimum absolute atomic E-state index is 0.388. The van der Waals surface area contributed by atoms with Gasteiger partial charge in [0, 0.05) is 0 Å². The third kappa shape index (κ3) is 3.25. The normalized spacial score (nSPS) is 12.1. The van der Waals surface area contributed by atoms with Gasteiger partial charge < -0.3 is 10.5 Å². The summed E-state index contributed by atoms with van der Waals surface area (Å²) in [6, 6.07) is 22.1. The molecule has 0 aliphatic heterocycles. The van der Waals surface area contributed by atoms with E-state index in [1.54, 1.807) is 0 Å². The number of rotatable bonds is 4. The standard InChI is InChI=1S/C20H19NO2/c1-23-20(22)19(21)13-14-6-4-9-16(12-14)18-11-5-8-15-7-2-3-10-17(15)18/h2-12,19H,13,21H2,1H3. The molecule has 3 heteroatoms. The average Bonchev–Trinajstić information content (AvgIpc) is 2.60. The van der Waals surface area contributed by atoms with Crippen LogP contribution in [0.1, 0.15) is 5.56 Å². The second-order valence-electron chi connectivity index (χ2n) is 5.56. The lowest BCUT2D eigenvalue weighted by Gasteiger charge is -2.11. The van der Waals surface area contributed by atoms with E-state index >= 15 is 0 Å². The summed E-state index contributed by atoms with van der Waals surface area (Å²) in [5.41, 5.74) is 9.19. The van der Waals surface area contributed by atoms with Crippen LogP contribution in [-0.4, -0.2) is 19.1 Å². The first-order valence-corrected chi connectivity index (χ1v) is 7.59. The first-order chi connectivity index (χ1) is 11.2. The number of esters is 1. The van der Waals surface area contributed by atoms with Crippen LogP contribution in [0, 0.1) is 0 Å². The molecule has 0 amide bonds. The summed E-state index contributed by atoms with van der Waals surface area (Å²) in [6.07, 6.45) is 0.464. The molecule has 0 aliphatic carbocycles. The Labute approximate surface area is 135 Å². The molecule has 3 aromatic carbocycles. The van der Waals surface area contributed by atoms with Gasteiger partial charge in [-0.2, -0.15) is 0 Å². The fraction of sp³-hybridized carbons (Fsp3) is 0.150. The van der Waals surface area contributed by atoms with Crippen LogP contribution in [0.3, 0.4) is 0 Å². The molecule has 0 aliphatic rings. The Bertz CT molecular complexity index is 836. The summed E-state index contributed by atoms with van der Waals surface area (Å²) >= 11 is 0. The number of nitrogens with two attached hydrogens (primary N) is 1. The lowest BCUT2D eigenvalue weighted by molar-refractivity contribution is -0.142. The van der Waals surface area contributed by atoms with Gasteiger partial charge in [-0.3, -0.25) is 4.79 Å². The van der Waals surface area contributed by atoms with Gasteiger partial charge in [-0.05, 0) is 33.9 Å². The third-order valence-electron chi connectivity index (χ3n) is 3.99. The van der Waals surface area contributed by atoms with E-state index in [2.05, 4.69) is 42.5 Å². The maximum absolute atomic E-state index is 11.5. The Kier molecular flexibility index (Phi) is 4.40. The van der Waals surface area contributed by atoms with Gasteiger partial charge in [0.05, 0.1) is 7.11 Å². The minimum atomic E-state index is -0.636. The molecular formula is C20H19NO2. The van der Waals surface area contributed by atoms with E-state index in [1.807, 2.05) is 24.3 Å². The molecule has 0 aromatic heterocycles. The number of fused-ring (bicyclic) bond motifs is 1. The van der Waals surface area contributed by atoms with Crippen LogP contribution < -0.4 is 5.73 Å². The zero-order valence-corrected chi connectivity index (χ0v) is 13.0.